The zero-order chi connectivity index (χ0) is 17.0. The molecule has 4 heteroatoms. The van der Waals surface area contributed by atoms with Gasteiger partial charge in [-0.05, 0) is 68.1 Å². The molecule has 23 heavy (non-hydrogen) atoms. The molecular weight excluding hydrogens is 310 g/mol. The van der Waals surface area contributed by atoms with Crippen molar-refractivity contribution in [2.75, 3.05) is 5.32 Å². The molecule has 122 valence electrons. The third kappa shape index (κ3) is 4.49. The van der Waals surface area contributed by atoms with Crippen LogP contribution in [0.3, 0.4) is 0 Å². The Balaban J connectivity index is 2.13. The molecule has 0 aliphatic carbocycles. The van der Waals surface area contributed by atoms with Crippen molar-refractivity contribution in [3.8, 4) is 5.75 Å². The number of hydrogen-bond acceptors (Lipinski definition) is 2. The van der Waals surface area contributed by atoms with Crippen molar-refractivity contribution >= 4 is 23.2 Å². The van der Waals surface area contributed by atoms with Crippen LogP contribution in [0.25, 0.3) is 0 Å². The van der Waals surface area contributed by atoms with Gasteiger partial charge >= 0.3 is 0 Å². The Hall–Kier alpha value is -2.00. The monoisotopic (exact) mass is 331 g/mol. The summed E-state index contributed by atoms with van der Waals surface area (Å²) >= 11 is 6.09. The number of aryl methyl sites for hydroxylation is 2. The molecule has 0 aliphatic heterocycles. The first-order chi connectivity index (χ1) is 10.9. The molecule has 1 amide bonds. The van der Waals surface area contributed by atoms with Crippen LogP contribution in [-0.2, 0) is 4.79 Å². The highest BCUT2D eigenvalue weighted by Crippen LogP contribution is 2.24. The van der Waals surface area contributed by atoms with Crippen molar-refractivity contribution in [3.63, 3.8) is 0 Å². The lowest BCUT2D eigenvalue weighted by molar-refractivity contribution is -0.122. The molecule has 0 bridgehead atoms. The molecule has 0 fully saturated rings. The number of anilines is 1. The Bertz CT molecular complexity index is 692. The van der Waals surface area contributed by atoms with Crippen LogP contribution in [0, 0.1) is 20.8 Å². The fourth-order valence-corrected chi connectivity index (χ4v) is 2.62. The number of benzene rings is 2. The second-order valence-corrected chi connectivity index (χ2v) is 6.15. The van der Waals surface area contributed by atoms with Crippen LogP contribution in [0.2, 0.25) is 5.02 Å². The van der Waals surface area contributed by atoms with Gasteiger partial charge in [0.15, 0.2) is 6.10 Å². The van der Waals surface area contributed by atoms with Gasteiger partial charge in [-0.15, -0.1) is 0 Å². The third-order valence-electron chi connectivity index (χ3n) is 3.66. The summed E-state index contributed by atoms with van der Waals surface area (Å²) in [4.78, 5) is 12.5. The summed E-state index contributed by atoms with van der Waals surface area (Å²) in [6.07, 6.45) is 0.0351. The van der Waals surface area contributed by atoms with Crippen LogP contribution in [0.15, 0.2) is 36.4 Å². The highest BCUT2D eigenvalue weighted by molar-refractivity contribution is 6.31. The van der Waals surface area contributed by atoms with Crippen molar-refractivity contribution in [1.82, 2.24) is 0 Å². The summed E-state index contributed by atoms with van der Waals surface area (Å²) in [5.41, 5.74) is 3.79. The molecule has 2 aromatic carbocycles. The molecule has 0 saturated heterocycles. The number of carbonyl (C=O) groups is 1. The van der Waals surface area contributed by atoms with Crippen LogP contribution >= 0.6 is 11.6 Å². The summed E-state index contributed by atoms with van der Waals surface area (Å²) in [7, 11) is 0. The quantitative estimate of drug-likeness (QED) is 0.831. The number of ether oxygens (including phenoxy) is 1. The van der Waals surface area contributed by atoms with E-state index >= 15 is 0 Å². The van der Waals surface area contributed by atoms with Gasteiger partial charge in [-0.2, -0.15) is 0 Å². The lowest BCUT2D eigenvalue weighted by Gasteiger charge is -2.19. The molecule has 1 atom stereocenters. The average Bonchev–Trinajstić information content (AvgIpc) is 2.48. The van der Waals surface area contributed by atoms with Crippen molar-refractivity contribution < 1.29 is 9.53 Å². The Morgan fingerprint density at radius 1 is 1.17 bits per heavy atom. The molecule has 2 aromatic rings. The van der Waals surface area contributed by atoms with Crippen LogP contribution in [0.1, 0.15) is 30.0 Å². The lowest BCUT2D eigenvalue weighted by Crippen LogP contribution is -2.32. The molecule has 1 N–H and O–H groups in total. The lowest BCUT2D eigenvalue weighted by atomic mass is 10.1. The zero-order valence-electron chi connectivity index (χ0n) is 13.9. The minimum absolute atomic E-state index is 0.169. The second kappa shape index (κ2) is 7.51. The number of carbonyl (C=O) groups excluding carboxylic acids is 1. The summed E-state index contributed by atoms with van der Waals surface area (Å²) in [5, 5.41) is 3.53. The maximum Gasteiger partial charge on any atom is 0.265 e. The predicted molar refractivity (Wildman–Crippen MR) is 95.4 cm³/mol. The normalized spacial score (nSPS) is 11.9. The third-order valence-corrected chi connectivity index (χ3v) is 4.07. The SMILES string of the molecule is CCC(Oc1cc(C)cc(C)c1)C(=O)Nc1cccc(Cl)c1C. The second-order valence-electron chi connectivity index (χ2n) is 5.74. The van der Waals surface area contributed by atoms with Gasteiger partial charge in [-0.1, -0.05) is 30.7 Å². The summed E-state index contributed by atoms with van der Waals surface area (Å²) in [6, 6.07) is 11.4. The van der Waals surface area contributed by atoms with Crippen molar-refractivity contribution in [3.05, 3.63) is 58.1 Å². The van der Waals surface area contributed by atoms with Crippen molar-refractivity contribution in [2.45, 2.75) is 40.2 Å². The molecule has 0 heterocycles. The van der Waals surface area contributed by atoms with Crippen molar-refractivity contribution in [2.24, 2.45) is 0 Å². The standard InChI is InChI=1S/C19H22ClNO2/c1-5-18(23-15-10-12(2)9-13(3)11-15)19(22)21-17-8-6-7-16(20)14(17)4/h6-11,18H,5H2,1-4H3,(H,21,22). The number of amides is 1. The van der Waals surface area contributed by atoms with E-state index < -0.39 is 6.10 Å². The molecule has 2 rings (SSSR count). The van der Waals surface area contributed by atoms with E-state index in [1.54, 1.807) is 6.07 Å². The Morgan fingerprint density at radius 2 is 1.83 bits per heavy atom. The summed E-state index contributed by atoms with van der Waals surface area (Å²) < 4.78 is 5.88. The maximum atomic E-state index is 12.5. The summed E-state index contributed by atoms with van der Waals surface area (Å²) in [6.45, 7) is 7.83. The van der Waals surface area contributed by atoms with E-state index in [0.29, 0.717) is 22.9 Å². The molecule has 1 unspecified atom stereocenters. The molecule has 3 nitrogen and oxygen atoms in total. The van der Waals surface area contributed by atoms with Gasteiger partial charge in [-0.25, -0.2) is 0 Å². The van der Waals surface area contributed by atoms with Gasteiger partial charge in [0, 0.05) is 10.7 Å². The Labute approximate surface area is 142 Å². The van der Waals surface area contributed by atoms with Gasteiger partial charge in [0.25, 0.3) is 5.91 Å². The van der Waals surface area contributed by atoms with Gasteiger partial charge in [0.2, 0.25) is 0 Å². The van der Waals surface area contributed by atoms with E-state index in [2.05, 4.69) is 11.4 Å². The maximum absolute atomic E-state index is 12.5. The Morgan fingerprint density at radius 3 is 2.43 bits per heavy atom. The molecule has 0 spiro atoms. The average molecular weight is 332 g/mol. The van der Waals surface area contributed by atoms with Crippen LogP contribution in [-0.4, -0.2) is 12.0 Å². The van der Waals surface area contributed by atoms with E-state index in [1.807, 2.05) is 52.0 Å². The smallest absolute Gasteiger partial charge is 0.265 e. The molecule has 0 aromatic heterocycles. The van der Waals surface area contributed by atoms with E-state index in [1.165, 1.54) is 0 Å². The fourth-order valence-electron chi connectivity index (χ4n) is 2.44. The predicted octanol–water partition coefficient (Wildman–Crippen LogP) is 5.06. The van der Waals surface area contributed by atoms with E-state index in [9.17, 15) is 4.79 Å². The van der Waals surface area contributed by atoms with Gasteiger partial charge in [0.05, 0.1) is 0 Å². The van der Waals surface area contributed by atoms with Gasteiger partial charge < -0.3 is 10.1 Å². The number of nitrogens with one attached hydrogen (secondary N) is 1. The largest absolute Gasteiger partial charge is 0.481 e. The molecule has 0 saturated carbocycles. The summed E-state index contributed by atoms with van der Waals surface area (Å²) in [5.74, 6) is 0.546. The van der Waals surface area contributed by atoms with Crippen LogP contribution in [0.5, 0.6) is 5.75 Å². The van der Waals surface area contributed by atoms with E-state index in [0.717, 1.165) is 16.7 Å². The van der Waals surface area contributed by atoms with Crippen LogP contribution in [0.4, 0.5) is 5.69 Å². The minimum atomic E-state index is -0.547. The first kappa shape index (κ1) is 17.4. The highest BCUT2D eigenvalue weighted by Gasteiger charge is 2.19. The Kier molecular flexibility index (Phi) is 5.67. The molecular formula is C19H22ClNO2. The number of halogens is 1. The minimum Gasteiger partial charge on any atom is -0.481 e. The van der Waals surface area contributed by atoms with E-state index in [4.69, 9.17) is 16.3 Å². The first-order valence-corrected chi connectivity index (χ1v) is 8.09. The topological polar surface area (TPSA) is 38.3 Å². The van der Waals surface area contributed by atoms with Gasteiger partial charge in [-0.3, -0.25) is 4.79 Å². The zero-order valence-corrected chi connectivity index (χ0v) is 14.7. The number of hydrogen-bond donors (Lipinski definition) is 1. The van der Waals surface area contributed by atoms with Crippen LogP contribution < -0.4 is 10.1 Å². The number of rotatable bonds is 5. The van der Waals surface area contributed by atoms with Gasteiger partial charge in [0.1, 0.15) is 5.75 Å². The fraction of sp³-hybridized carbons (Fsp3) is 0.316. The molecule has 0 radical (unpaired) electrons. The highest BCUT2D eigenvalue weighted by atomic mass is 35.5. The molecule has 0 aliphatic rings. The first-order valence-electron chi connectivity index (χ1n) is 7.71. The van der Waals surface area contributed by atoms with Crippen molar-refractivity contribution in [1.29, 1.82) is 0 Å². The van der Waals surface area contributed by atoms with E-state index in [-0.39, 0.29) is 5.91 Å².